The topological polar surface area (TPSA) is 76.2 Å². The number of carbonyl (C=O) groups excluding carboxylic acids is 3. The van der Waals surface area contributed by atoms with Gasteiger partial charge in [-0.25, -0.2) is 9.29 Å². The standard InChI is InChI=1S/C28H20ClFN2O5S2/c1-36-23-12-17(4-11-22(23)37-15-16-2-5-18(29)6-3-16)13-24-27(35)32(28(38)39-24)21-14-25(33)31(26(21)34)20-9-7-19(30)8-10-20/h2-13,21H,14-15H2,1H3/b24-13-. The summed E-state index contributed by atoms with van der Waals surface area (Å²) in [6.07, 6.45) is 1.42. The molecule has 2 heterocycles. The molecule has 2 fully saturated rings. The lowest BCUT2D eigenvalue weighted by atomic mass is 10.1. The molecule has 0 aromatic heterocycles. The van der Waals surface area contributed by atoms with Crippen LogP contribution in [0.5, 0.6) is 11.5 Å². The average molecular weight is 583 g/mol. The summed E-state index contributed by atoms with van der Waals surface area (Å²) in [4.78, 5) is 41.5. The smallest absolute Gasteiger partial charge is 0.266 e. The Kier molecular flexibility index (Phi) is 7.69. The van der Waals surface area contributed by atoms with Crippen LogP contribution in [-0.4, -0.2) is 40.1 Å². The van der Waals surface area contributed by atoms with Crippen molar-refractivity contribution in [2.24, 2.45) is 0 Å². The minimum absolute atomic E-state index is 0.174. The molecule has 0 aliphatic carbocycles. The molecule has 1 atom stereocenters. The number of hydrogen-bond acceptors (Lipinski definition) is 7. The molecule has 3 amide bonds. The molecule has 0 bridgehead atoms. The third-order valence-corrected chi connectivity index (χ3v) is 7.72. The lowest BCUT2D eigenvalue weighted by molar-refractivity contribution is -0.129. The first kappa shape index (κ1) is 26.9. The Labute approximate surface area is 238 Å². The van der Waals surface area contributed by atoms with E-state index in [4.69, 9.17) is 33.3 Å². The zero-order chi connectivity index (χ0) is 27.7. The van der Waals surface area contributed by atoms with Crippen LogP contribution in [0.15, 0.2) is 71.6 Å². The van der Waals surface area contributed by atoms with Crippen molar-refractivity contribution in [3.05, 3.63) is 93.6 Å². The van der Waals surface area contributed by atoms with Crippen molar-refractivity contribution in [3.8, 4) is 11.5 Å². The zero-order valence-electron chi connectivity index (χ0n) is 20.4. The normalized spacial score (nSPS) is 18.4. The number of nitrogens with zero attached hydrogens (tertiary/aromatic N) is 2. The maximum absolute atomic E-state index is 13.3. The molecular formula is C28H20ClFN2O5S2. The number of methoxy groups -OCH3 is 1. The minimum Gasteiger partial charge on any atom is -0.493 e. The molecule has 2 aliphatic rings. The summed E-state index contributed by atoms with van der Waals surface area (Å²) in [5.74, 6) is -1.05. The number of carbonyl (C=O) groups is 3. The zero-order valence-corrected chi connectivity index (χ0v) is 22.8. The average Bonchev–Trinajstić information content (AvgIpc) is 3.37. The number of benzene rings is 3. The largest absolute Gasteiger partial charge is 0.493 e. The third kappa shape index (κ3) is 5.54. The van der Waals surface area contributed by atoms with E-state index >= 15 is 0 Å². The van der Waals surface area contributed by atoms with E-state index in [2.05, 4.69) is 0 Å². The summed E-state index contributed by atoms with van der Waals surface area (Å²) in [7, 11) is 1.52. The van der Waals surface area contributed by atoms with E-state index < -0.39 is 29.6 Å². The van der Waals surface area contributed by atoms with Crippen molar-refractivity contribution in [3.63, 3.8) is 0 Å². The number of thiocarbonyl (C=S) groups is 1. The number of anilines is 1. The van der Waals surface area contributed by atoms with Gasteiger partial charge in [-0.05, 0) is 65.7 Å². The van der Waals surface area contributed by atoms with Gasteiger partial charge in [0.2, 0.25) is 5.91 Å². The van der Waals surface area contributed by atoms with Gasteiger partial charge in [0.1, 0.15) is 22.8 Å². The summed E-state index contributed by atoms with van der Waals surface area (Å²) < 4.78 is 24.9. The maximum Gasteiger partial charge on any atom is 0.266 e. The van der Waals surface area contributed by atoms with Gasteiger partial charge in [-0.3, -0.25) is 19.3 Å². The molecule has 3 aromatic rings. The second-order valence-electron chi connectivity index (χ2n) is 8.64. The first-order valence-electron chi connectivity index (χ1n) is 11.7. The van der Waals surface area contributed by atoms with Crippen LogP contribution in [-0.2, 0) is 21.0 Å². The van der Waals surface area contributed by atoms with Crippen LogP contribution in [0.25, 0.3) is 6.08 Å². The second-order valence-corrected chi connectivity index (χ2v) is 10.8. The van der Waals surface area contributed by atoms with Gasteiger partial charge >= 0.3 is 0 Å². The molecule has 2 aliphatic heterocycles. The fourth-order valence-electron chi connectivity index (χ4n) is 4.21. The molecule has 11 heteroatoms. The van der Waals surface area contributed by atoms with Crippen molar-refractivity contribution < 1.29 is 28.2 Å². The molecule has 0 N–H and O–H groups in total. The Morgan fingerprint density at radius 3 is 2.46 bits per heavy atom. The Bertz CT molecular complexity index is 1510. The highest BCUT2D eigenvalue weighted by atomic mass is 35.5. The van der Waals surface area contributed by atoms with Crippen LogP contribution in [0.1, 0.15) is 17.5 Å². The quantitative estimate of drug-likeness (QED) is 0.204. The van der Waals surface area contributed by atoms with Gasteiger partial charge < -0.3 is 9.47 Å². The lowest BCUT2D eigenvalue weighted by Crippen LogP contribution is -2.44. The van der Waals surface area contributed by atoms with Crippen molar-refractivity contribution in [1.82, 2.24) is 4.90 Å². The molecule has 2 saturated heterocycles. The summed E-state index contributed by atoms with van der Waals surface area (Å²) in [5.41, 5.74) is 1.83. The highest BCUT2D eigenvalue weighted by Gasteiger charge is 2.48. The number of thioether (sulfide) groups is 1. The van der Waals surface area contributed by atoms with E-state index in [0.29, 0.717) is 33.6 Å². The Morgan fingerprint density at radius 2 is 1.77 bits per heavy atom. The number of imide groups is 1. The fraction of sp³-hybridized carbons (Fsp3) is 0.143. The highest BCUT2D eigenvalue weighted by molar-refractivity contribution is 8.26. The monoisotopic (exact) mass is 582 g/mol. The first-order chi connectivity index (χ1) is 18.7. The molecule has 39 heavy (non-hydrogen) atoms. The number of halogens is 2. The van der Waals surface area contributed by atoms with Gasteiger partial charge in [-0.2, -0.15) is 0 Å². The van der Waals surface area contributed by atoms with Gasteiger partial charge in [0.05, 0.1) is 24.1 Å². The Hall–Kier alpha value is -3.73. The number of ether oxygens (including phenoxy) is 2. The molecule has 0 radical (unpaired) electrons. The van der Waals surface area contributed by atoms with Crippen LogP contribution in [0.4, 0.5) is 10.1 Å². The molecule has 3 aromatic carbocycles. The van der Waals surface area contributed by atoms with Crippen molar-refractivity contribution >= 4 is 69.4 Å². The van der Waals surface area contributed by atoms with Crippen LogP contribution < -0.4 is 14.4 Å². The van der Waals surface area contributed by atoms with Gasteiger partial charge in [-0.15, -0.1) is 0 Å². The molecule has 5 rings (SSSR count). The van der Waals surface area contributed by atoms with E-state index in [-0.39, 0.29) is 16.4 Å². The lowest BCUT2D eigenvalue weighted by Gasteiger charge is -2.21. The molecule has 0 spiro atoms. The van der Waals surface area contributed by atoms with Gasteiger partial charge in [-0.1, -0.05) is 53.8 Å². The van der Waals surface area contributed by atoms with Gasteiger partial charge in [0.25, 0.3) is 11.8 Å². The van der Waals surface area contributed by atoms with Crippen molar-refractivity contribution in [1.29, 1.82) is 0 Å². The van der Waals surface area contributed by atoms with Crippen LogP contribution in [0, 0.1) is 5.82 Å². The van der Waals surface area contributed by atoms with Crippen molar-refractivity contribution in [2.75, 3.05) is 12.0 Å². The second kappa shape index (κ2) is 11.2. The predicted octanol–water partition coefficient (Wildman–Crippen LogP) is 5.60. The molecule has 198 valence electrons. The van der Waals surface area contributed by atoms with Crippen LogP contribution in [0.2, 0.25) is 5.02 Å². The maximum atomic E-state index is 13.3. The minimum atomic E-state index is -1.07. The number of hydrogen-bond donors (Lipinski definition) is 0. The molecule has 1 unspecified atom stereocenters. The molecule has 0 saturated carbocycles. The van der Waals surface area contributed by atoms with E-state index in [1.54, 1.807) is 36.4 Å². The number of rotatable bonds is 7. The Balaban J connectivity index is 1.32. The van der Waals surface area contributed by atoms with E-state index in [0.717, 1.165) is 34.4 Å². The summed E-state index contributed by atoms with van der Waals surface area (Å²) in [6.45, 7) is 0.314. The summed E-state index contributed by atoms with van der Waals surface area (Å²) in [5, 5.41) is 0.639. The van der Waals surface area contributed by atoms with Gasteiger partial charge in [0.15, 0.2) is 11.5 Å². The van der Waals surface area contributed by atoms with Crippen LogP contribution >= 0.6 is 35.6 Å². The Morgan fingerprint density at radius 1 is 1.05 bits per heavy atom. The van der Waals surface area contributed by atoms with E-state index in [9.17, 15) is 18.8 Å². The fourth-order valence-corrected chi connectivity index (χ4v) is 5.70. The molecule has 7 nitrogen and oxygen atoms in total. The SMILES string of the molecule is COc1cc(/C=C2\SC(=S)N(C3CC(=O)N(c4ccc(F)cc4)C3=O)C2=O)ccc1OCc1ccc(Cl)cc1. The van der Waals surface area contributed by atoms with Crippen molar-refractivity contribution in [2.45, 2.75) is 19.1 Å². The molecular weight excluding hydrogens is 563 g/mol. The van der Waals surface area contributed by atoms with Gasteiger partial charge in [0, 0.05) is 5.02 Å². The number of amides is 3. The van der Waals surface area contributed by atoms with E-state index in [1.165, 1.54) is 24.1 Å². The highest BCUT2D eigenvalue weighted by Crippen LogP contribution is 2.38. The van der Waals surface area contributed by atoms with E-state index in [1.807, 2.05) is 12.1 Å². The van der Waals surface area contributed by atoms with Crippen LogP contribution in [0.3, 0.4) is 0 Å². The third-order valence-electron chi connectivity index (χ3n) is 6.14. The first-order valence-corrected chi connectivity index (χ1v) is 13.3. The summed E-state index contributed by atoms with van der Waals surface area (Å²) in [6, 6.07) is 16.5. The predicted molar refractivity (Wildman–Crippen MR) is 151 cm³/mol. The summed E-state index contributed by atoms with van der Waals surface area (Å²) >= 11 is 12.4.